The molecule has 1 atom stereocenters. The first-order valence-corrected chi connectivity index (χ1v) is 5.92. The fraction of sp³-hybridized carbons (Fsp3) is 0.667. The van der Waals surface area contributed by atoms with Crippen LogP contribution in [0.15, 0.2) is 12.7 Å². The molecule has 0 spiro atoms. The van der Waals surface area contributed by atoms with E-state index in [1.54, 1.807) is 0 Å². The number of carboxylic acid groups (broad SMARTS) is 1. The zero-order chi connectivity index (χ0) is 14.1. The molecule has 0 aliphatic carbocycles. The first-order valence-electron chi connectivity index (χ1n) is 5.92. The third-order valence-corrected chi connectivity index (χ3v) is 2.31. The Morgan fingerprint density at radius 2 is 2.06 bits per heavy atom. The van der Waals surface area contributed by atoms with Crippen molar-refractivity contribution in [2.45, 2.75) is 26.3 Å². The van der Waals surface area contributed by atoms with E-state index in [0.29, 0.717) is 6.42 Å². The molecule has 104 valence electrons. The predicted octanol–water partition coefficient (Wildman–Crippen LogP) is 0.676. The number of aliphatic hydroxyl groups excluding tert-OH is 1. The van der Waals surface area contributed by atoms with Crippen molar-refractivity contribution in [2.75, 3.05) is 19.7 Å². The highest BCUT2D eigenvalue weighted by Gasteiger charge is 2.23. The average Bonchev–Trinajstić information content (AvgIpc) is 2.27. The number of amides is 2. The lowest BCUT2D eigenvalue weighted by molar-refractivity contribution is -0.139. The minimum absolute atomic E-state index is 0.145. The molecule has 0 rings (SSSR count). The van der Waals surface area contributed by atoms with Crippen LogP contribution in [0, 0.1) is 5.92 Å². The first kappa shape index (κ1) is 16.4. The van der Waals surface area contributed by atoms with Gasteiger partial charge in [0.1, 0.15) is 6.04 Å². The molecule has 0 heterocycles. The molecule has 0 aromatic rings. The lowest BCUT2D eigenvalue weighted by Crippen LogP contribution is -2.49. The molecule has 0 aliphatic rings. The standard InChI is InChI=1S/C12H22N2O4/c1-4-5-14(6-7-15)12(18)13-10(11(16)17)8-9(2)3/h4,9-10,15H,1,5-8H2,2-3H3,(H,13,18)(H,16,17). The summed E-state index contributed by atoms with van der Waals surface area (Å²) in [5, 5.41) is 20.3. The number of aliphatic hydroxyl groups is 1. The van der Waals surface area contributed by atoms with Crippen LogP contribution in [0.4, 0.5) is 4.79 Å². The maximum absolute atomic E-state index is 11.8. The van der Waals surface area contributed by atoms with Crippen molar-refractivity contribution >= 4 is 12.0 Å². The summed E-state index contributed by atoms with van der Waals surface area (Å²) in [5.74, 6) is -0.892. The lowest BCUT2D eigenvalue weighted by Gasteiger charge is -2.24. The summed E-state index contributed by atoms with van der Waals surface area (Å²) in [6.07, 6.45) is 1.88. The van der Waals surface area contributed by atoms with Gasteiger partial charge in [-0.05, 0) is 12.3 Å². The third kappa shape index (κ3) is 6.24. The number of rotatable bonds is 8. The van der Waals surface area contributed by atoms with E-state index >= 15 is 0 Å². The Balaban J connectivity index is 4.54. The zero-order valence-corrected chi connectivity index (χ0v) is 10.9. The van der Waals surface area contributed by atoms with E-state index in [4.69, 9.17) is 10.2 Å². The van der Waals surface area contributed by atoms with Gasteiger partial charge in [-0.3, -0.25) is 0 Å². The van der Waals surface area contributed by atoms with Crippen molar-refractivity contribution in [3.05, 3.63) is 12.7 Å². The molecular weight excluding hydrogens is 236 g/mol. The van der Waals surface area contributed by atoms with E-state index in [1.807, 2.05) is 13.8 Å². The van der Waals surface area contributed by atoms with Crippen LogP contribution in [0.3, 0.4) is 0 Å². The van der Waals surface area contributed by atoms with Crippen molar-refractivity contribution < 1.29 is 19.8 Å². The first-order chi connectivity index (χ1) is 8.42. The molecule has 0 aromatic carbocycles. The van der Waals surface area contributed by atoms with E-state index in [9.17, 15) is 9.59 Å². The van der Waals surface area contributed by atoms with Gasteiger partial charge in [-0.15, -0.1) is 6.58 Å². The molecule has 0 radical (unpaired) electrons. The Bertz CT molecular complexity index is 292. The molecule has 18 heavy (non-hydrogen) atoms. The van der Waals surface area contributed by atoms with Gasteiger partial charge < -0.3 is 20.4 Å². The van der Waals surface area contributed by atoms with Crippen molar-refractivity contribution in [3.63, 3.8) is 0 Å². The summed E-state index contributed by atoms with van der Waals surface area (Å²) in [6.45, 7) is 7.51. The van der Waals surface area contributed by atoms with Crippen LogP contribution in [-0.2, 0) is 4.79 Å². The molecule has 0 bridgehead atoms. The van der Waals surface area contributed by atoms with Crippen LogP contribution in [0.25, 0.3) is 0 Å². The van der Waals surface area contributed by atoms with Gasteiger partial charge in [-0.2, -0.15) is 0 Å². The fourth-order valence-electron chi connectivity index (χ4n) is 1.49. The lowest BCUT2D eigenvalue weighted by atomic mass is 10.0. The highest BCUT2D eigenvalue weighted by Crippen LogP contribution is 2.05. The van der Waals surface area contributed by atoms with Crippen molar-refractivity contribution in [2.24, 2.45) is 5.92 Å². The Labute approximate surface area is 107 Å². The number of carbonyl (C=O) groups excluding carboxylic acids is 1. The summed E-state index contributed by atoms with van der Waals surface area (Å²) in [5.41, 5.74) is 0. The predicted molar refractivity (Wildman–Crippen MR) is 68.3 cm³/mol. The van der Waals surface area contributed by atoms with Crippen molar-refractivity contribution in [1.29, 1.82) is 0 Å². The SMILES string of the molecule is C=CCN(CCO)C(=O)NC(CC(C)C)C(=O)O. The molecule has 0 fully saturated rings. The summed E-state index contributed by atoms with van der Waals surface area (Å²) in [4.78, 5) is 24.1. The quantitative estimate of drug-likeness (QED) is 0.558. The molecule has 6 nitrogen and oxygen atoms in total. The Hall–Kier alpha value is -1.56. The number of carbonyl (C=O) groups is 2. The molecule has 0 saturated carbocycles. The molecule has 3 N–H and O–H groups in total. The van der Waals surface area contributed by atoms with Gasteiger partial charge >= 0.3 is 12.0 Å². The highest BCUT2D eigenvalue weighted by atomic mass is 16.4. The number of nitrogens with one attached hydrogen (secondary N) is 1. The molecule has 0 saturated heterocycles. The van der Waals surface area contributed by atoms with Gasteiger partial charge in [0, 0.05) is 13.1 Å². The third-order valence-electron chi connectivity index (χ3n) is 2.31. The van der Waals surface area contributed by atoms with Gasteiger partial charge in [0.05, 0.1) is 6.61 Å². The average molecular weight is 258 g/mol. The van der Waals surface area contributed by atoms with E-state index in [2.05, 4.69) is 11.9 Å². The van der Waals surface area contributed by atoms with Gasteiger partial charge in [0.2, 0.25) is 0 Å². The summed E-state index contributed by atoms with van der Waals surface area (Å²) in [6, 6.07) is -1.42. The van der Waals surface area contributed by atoms with Crippen LogP contribution < -0.4 is 5.32 Å². The summed E-state index contributed by atoms with van der Waals surface area (Å²) >= 11 is 0. The second-order valence-electron chi connectivity index (χ2n) is 4.43. The van der Waals surface area contributed by atoms with Gasteiger partial charge in [-0.1, -0.05) is 19.9 Å². The maximum Gasteiger partial charge on any atom is 0.326 e. The van der Waals surface area contributed by atoms with E-state index in [-0.39, 0.29) is 25.6 Å². The number of nitrogens with zero attached hydrogens (tertiary/aromatic N) is 1. The molecular formula is C12H22N2O4. The van der Waals surface area contributed by atoms with Crippen molar-refractivity contribution in [3.8, 4) is 0 Å². The van der Waals surface area contributed by atoms with Crippen molar-refractivity contribution in [1.82, 2.24) is 10.2 Å². The van der Waals surface area contributed by atoms with Crippen LogP contribution in [0.1, 0.15) is 20.3 Å². The van der Waals surface area contributed by atoms with Crippen LogP contribution >= 0.6 is 0 Å². The molecule has 0 aliphatic heterocycles. The second-order valence-corrected chi connectivity index (χ2v) is 4.43. The smallest absolute Gasteiger partial charge is 0.326 e. The second kappa shape index (κ2) is 8.52. The number of aliphatic carboxylic acids is 1. The van der Waals surface area contributed by atoms with E-state index < -0.39 is 18.0 Å². The Morgan fingerprint density at radius 1 is 1.44 bits per heavy atom. The van der Waals surface area contributed by atoms with E-state index in [1.165, 1.54) is 11.0 Å². The Morgan fingerprint density at radius 3 is 2.44 bits per heavy atom. The summed E-state index contributed by atoms with van der Waals surface area (Å²) < 4.78 is 0. The normalized spacial score (nSPS) is 12.0. The maximum atomic E-state index is 11.8. The van der Waals surface area contributed by atoms with Crippen LogP contribution in [0.5, 0.6) is 0 Å². The van der Waals surface area contributed by atoms with Gasteiger partial charge in [0.15, 0.2) is 0 Å². The minimum atomic E-state index is -1.06. The van der Waals surface area contributed by atoms with Crippen LogP contribution in [0.2, 0.25) is 0 Å². The number of hydrogen-bond acceptors (Lipinski definition) is 3. The number of urea groups is 1. The topological polar surface area (TPSA) is 89.9 Å². The van der Waals surface area contributed by atoms with Gasteiger partial charge in [0.25, 0.3) is 0 Å². The molecule has 6 heteroatoms. The molecule has 1 unspecified atom stereocenters. The number of carboxylic acids is 1. The monoisotopic (exact) mass is 258 g/mol. The van der Waals surface area contributed by atoms with Crippen LogP contribution in [-0.4, -0.2) is 52.9 Å². The summed E-state index contributed by atoms with van der Waals surface area (Å²) in [7, 11) is 0. The fourth-order valence-corrected chi connectivity index (χ4v) is 1.49. The largest absolute Gasteiger partial charge is 0.480 e. The minimum Gasteiger partial charge on any atom is -0.480 e. The molecule has 2 amide bonds. The molecule has 0 aromatic heterocycles. The number of hydrogen-bond donors (Lipinski definition) is 3. The Kier molecular flexibility index (Phi) is 7.78. The van der Waals surface area contributed by atoms with E-state index in [0.717, 1.165) is 0 Å². The van der Waals surface area contributed by atoms with Gasteiger partial charge in [-0.25, -0.2) is 9.59 Å². The highest BCUT2D eigenvalue weighted by molar-refractivity contribution is 5.82. The zero-order valence-electron chi connectivity index (χ0n) is 10.9.